The van der Waals surface area contributed by atoms with Crippen molar-refractivity contribution in [3.8, 4) is 5.75 Å². The first kappa shape index (κ1) is 22.1. The molecule has 0 aliphatic heterocycles. The molecule has 0 bridgehead atoms. The Bertz CT molecular complexity index is 1290. The average molecular weight is 510 g/mol. The zero-order chi connectivity index (χ0) is 22.5. The highest BCUT2D eigenvalue weighted by Gasteiger charge is 2.16. The van der Waals surface area contributed by atoms with Crippen LogP contribution in [0.25, 0.3) is 16.8 Å². The Morgan fingerprint density at radius 1 is 1.16 bits per heavy atom. The minimum atomic E-state index is -1.05. The second-order valence-corrected chi connectivity index (χ2v) is 8.87. The van der Waals surface area contributed by atoms with E-state index < -0.39 is 5.97 Å². The third-order valence-electron chi connectivity index (χ3n) is 4.77. The molecule has 0 fully saturated rings. The smallest absolute Gasteiger partial charge is 0.342 e. The van der Waals surface area contributed by atoms with Crippen LogP contribution in [-0.4, -0.2) is 26.3 Å². The standard InChI is InChI=1S/C24H20BrN3O3S/c1-2-22-26-24(28-27-22)32-21(23(29)30)13-19-18-6-4-3-5-16(18)9-12-20(19)31-14-15-7-10-17(25)11-8-15/h3-13H,2,14H2,1H3,(H,29,30)(H,26,27,28)/b21-13-. The van der Waals surface area contributed by atoms with Gasteiger partial charge in [-0.3, -0.25) is 5.10 Å². The van der Waals surface area contributed by atoms with E-state index in [1.807, 2.05) is 67.6 Å². The molecule has 0 aliphatic carbocycles. The fourth-order valence-electron chi connectivity index (χ4n) is 3.14. The summed E-state index contributed by atoms with van der Waals surface area (Å²) in [6.07, 6.45) is 2.32. The van der Waals surface area contributed by atoms with Gasteiger partial charge in [0.05, 0.1) is 0 Å². The number of ether oxygens (including phenoxy) is 1. The van der Waals surface area contributed by atoms with Crippen molar-refractivity contribution in [2.45, 2.75) is 25.1 Å². The van der Waals surface area contributed by atoms with Crippen molar-refractivity contribution < 1.29 is 14.6 Å². The molecule has 0 unspecified atom stereocenters. The van der Waals surface area contributed by atoms with Gasteiger partial charge in [-0.05, 0) is 52.4 Å². The predicted octanol–water partition coefficient (Wildman–Crippen LogP) is 6.08. The minimum Gasteiger partial charge on any atom is -0.488 e. The molecule has 0 saturated carbocycles. The van der Waals surface area contributed by atoms with Gasteiger partial charge in [-0.2, -0.15) is 0 Å². The first-order valence-electron chi connectivity index (χ1n) is 9.96. The van der Waals surface area contributed by atoms with Crippen LogP contribution in [0.3, 0.4) is 0 Å². The number of aliphatic carboxylic acids is 1. The molecular weight excluding hydrogens is 490 g/mol. The van der Waals surface area contributed by atoms with Crippen molar-refractivity contribution in [2.24, 2.45) is 0 Å². The molecule has 6 nitrogen and oxygen atoms in total. The van der Waals surface area contributed by atoms with E-state index in [-0.39, 0.29) is 4.91 Å². The molecule has 0 spiro atoms. The summed E-state index contributed by atoms with van der Waals surface area (Å²) >= 11 is 4.44. The number of hydrogen-bond acceptors (Lipinski definition) is 5. The third kappa shape index (κ3) is 5.20. The molecule has 4 aromatic rings. The highest BCUT2D eigenvalue weighted by molar-refractivity contribution is 9.10. The summed E-state index contributed by atoms with van der Waals surface area (Å²) in [6, 6.07) is 19.5. The average Bonchev–Trinajstić information content (AvgIpc) is 3.26. The van der Waals surface area contributed by atoms with Crippen LogP contribution in [0.5, 0.6) is 5.75 Å². The number of fused-ring (bicyclic) bond motifs is 1. The zero-order valence-corrected chi connectivity index (χ0v) is 19.6. The summed E-state index contributed by atoms with van der Waals surface area (Å²) in [4.78, 5) is 16.5. The fourth-order valence-corrected chi connectivity index (χ4v) is 4.11. The Kier molecular flexibility index (Phi) is 6.92. The molecule has 1 heterocycles. The van der Waals surface area contributed by atoms with Crippen LogP contribution < -0.4 is 4.74 Å². The van der Waals surface area contributed by atoms with E-state index in [4.69, 9.17) is 4.74 Å². The number of hydrogen-bond donors (Lipinski definition) is 2. The molecular formula is C24H20BrN3O3S. The summed E-state index contributed by atoms with van der Waals surface area (Å²) in [5, 5.41) is 19.1. The van der Waals surface area contributed by atoms with E-state index in [1.165, 1.54) is 0 Å². The molecule has 0 radical (unpaired) electrons. The van der Waals surface area contributed by atoms with Gasteiger partial charge in [0.1, 0.15) is 23.1 Å². The number of carboxylic acid groups (broad SMARTS) is 1. The van der Waals surface area contributed by atoms with Crippen LogP contribution >= 0.6 is 27.7 Å². The Morgan fingerprint density at radius 3 is 2.66 bits per heavy atom. The van der Waals surface area contributed by atoms with Crippen molar-refractivity contribution in [1.29, 1.82) is 0 Å². The fraction of sp³-hybridized carbons (Fsp3) is 0.125. The van der Waals surface area contributed by atoms with Gasteiger partial charge in [0.15, 0.2) is 0 Å². The van der Waals surface area contributed by atoms with Crippen LogP contribution in [-0.2, 0) is 17.8 Å². The third-order valence-corrected chi connectivity index (χ3v) is 6.18. The number of aromatic amines is 1. The molecule has 8 heteroatoms. The monoisotopic (exact) mass is 509 g/mol. The van der Waals surface area contributed by atoms with Gasteiger partial charge in [0.2, 0.25) is 5.16 Å². The SMILES string of the molecule is CCc1nc(S/C(=C\c2c(OCc3ccc(Br)cc3)ccc3ccccc23)C(=O)O)n[nH]1. The van der Waals surface area contributed by atoms with Gasteiger partial charge in [-0.25, -0.2) is 9.78 Å². The Balaban J connectivity index is 1.72. The van der Waals surface area contributed by atoms with Crippen LogP contribution in [0.1, 0.15) is 23.9 Å². The van der Waals surface area contributed by atoms with E-state index in [1.54, 1.807) is 6.08 Å². The lowest BCUT2D eigenvalue weighted by atomic mass is 10.0. The van der Waals surface area contributed by atoms with Crippen molar-refractivity contribution in [2.75, 3.05) is 0 Å². The number of aryl methyl sites for hydroxylation is 1. The van der Waals surface area contributed by atoms with Gasteiger partial charge in [-0.1, -0.05) is 65.3 Å². The first-order valence-corrected chi connectivity index (χ1v) is 11.6. The van der Waals surface area contributed by atoms with Gasteiger partial charge in [0, 0.05) is 16.5 Å². The topological polar surface area (TPSA) is 88.1 Å². The van der Waals surface area contributed by atoms with E-state index >= 15 is 0 Å². The van der Waals surface area contributed by atoms with Crippen LogP contribution in [0.4, 0.5) is 0 Å². The number of aromatic nitrogens is 3. The van der Waals surface area contributed by atoms with Gasteiger partial charge < -0.3 is 9.84 Å². The number of carboxylic acids is 1. The Labute approximate surface area is 197 Å². The molecule has 162 valence electrons. The summed E-state index contributed by atoms with van der Waals surface area (Å²) in [7, 11) is 0. The molecule has 0 saturated heterocycles. The summed E-state index contributed by atoms with van der Waals surface area (Å²) in [6.45, 7) is 2.32. The molecule has 0 atom stereocenters. The van der Waals surface area contributed by atoms with E-state index in [2.05, 4.69) is 31.1 Å². The van der Waals surface area contributed by atoms with Gasteiger partial charge in [-0.15, -0.1) is 5.10 Å². The molecule has 3 aromatic carbocycles. The Morgan fingerprint density at radius 2 is 1.94 bits per heavy atom. The number of carbonyl (C=O) groups is 1. The summed E-state index contributed by atoms with van der Waals surface area (Å²) < 4.78 is 7.12. The lowest BCUT2D eigenvalue weighted by Gasteiger charge is -2.13. The summed E-state index contributed by atoms with van der Waals surface area (Å²) in [5.74, 6) is 0.265. The second kappa shape index (κ2) is 10.0. The van der Waals surface area contributed by atoms with Crippen molar-refractivity contribution in [3.05, 3.63) is 87.0 Å². The number of rotatable bonds is 8. The number of thioether (sulfide) groups is 1. The maximum atomic E-state index is 12.0. The number of H-pyrrole nitrogens is 1. The number of nitrogens with one attached hydrogen (secondary N) is 1. The van der Waals surface area contributed by atoms with Crippen LogP contribution in [0, 0.1) is 0 Å². The molecule has 0 aliphatic rings. The molecule has 0 amide bonds. The highest BCUT2D eigenvalue weighted by Crippen LogP contribution is 2.34. The lowest BCUT2D eigenvalue weighted by molar-refractivity contribution is -0.131. The van der Waals surface area contributed by atoms with Crippen LogP contribution in [0.2, 0.25) is 0 Å². The lowest BCUT2D eigenvalue weighted by Crippen LogP contribution is -2.00. The predicted molar refractivity (Wildman–Crippen MR) is 130 cm³/mol. The number of benzene rings is 3. The van der Waals surface area contributed by atoms with Crippen LogP contribution in [0.15, 0.2) is 75.2 Å². The molecule has 1 aromatic heterocycles. The molecule has 2 N–H and O–H groups in total. The zero-order valence-electron chi connectivity index (χ0n) is 17.2. The van der Waals surface area contributed by atoms with Gasteiger partial charge in [0.25, 0.3) is 0 Å². The number of nitrogens with zero attached hydrogens (tertiary/aromatic N) is 2. The quantitative estimate of drug-likeness (QED) is 0.221. The highest BCUT2D eigenvalue weighted by atomic mass is 79.9. The molecule has 32 heavy (non-hydrogen) atoms. The van der Waals surface area contributed by atoms with E-state index in [0.29, 0.717) is 35.3 Å². The second-order valence-electron chi connectivity index (χ2n) is 6.95. The number of halogens is 1. The molecule has 4 rings (SSSR count). The normalized spacial score (nSPS) is 11.6. The van der Waals surface area contributed by atoms with Crippen molar-refractivity contribution in [1.82, 2.24) is 15.2 Å². The van der Waals surface area contributed by atoms with E-state index in [0.717, 1.165) is 32.6 Å². The largest absolute Gasteiger partial charge is 0.488 e. The Hall–Kier alpha value is -3.10. The summed E-state index contributed by atoms with van der Waals surface area (Å²) in [5.41, 5.74) is 1.72. The maximum absolute atomic E-state index is 12.0. The van der Waals surface area contributed by atoms with Gasteiger partial charge >= 0.3 is 5.97 Å². The maximum Gasteiger partial charge on any atom is 0.342 e. The minimum absolute atomic E-state index is 0.108. The first-order chi connectivity index (χ1) is 15.5. The van der Waals surface area contributed by atoms with E-state index in [9.17, 15) is 9.90 Å². The van der Waals surface area contributed by atoms with Crippen molar-refractivity contribution >= 4 is 50.5 Å². The van der Waals surface area contributed by atoms with Crippen molar-refractivity contribution in [3.63, 3.8) is 0 Å².